The van der Waals surface area contributed by atoms with E-state index in [4.69, 9.17) is 10.2 Å². The van der Waals surface area contributed by atoms with Crippen molar-refractivity contribution in [2.45, 2.75) is 0 Å². The van der Waals surface area contributed by atoms with Gasteiger partial charge in [-0.2, -0.15) is 0 Å². The van der Waals surface area contributed by atoms with Gasteiger partial charge in [0.1, 0.15) is 5.57 Å². The zero-order chi connectivity index (χ0) is 9.14. The molecular formula is C7H6NO4+. The van der Waals surface area contributed by atoms with Crippen molar-refractivity contribution in [1.82, 2.24) is 4.67 Å². The van der Waals surface area contributed by atoms with Crippen molar-refractivity contribution in [3.63, 3.8) is 0 Å². The fourth-order valence-corrected chi connectivity index (χ4v) is 0.757. The molecule has 1 rings (SSSR count). The Morgan fingerprint density at radius 2 is 2.08 bits per heavy atom. The van der Waals surface area contributed by atoms with Crippen molar-refractivity contribution in [1.29, 1.82) is 0 Å². The molecule has 0 aromatic heterocycles. The number of rotatable bonds is 2. The zero-order valence-corrected chi connectivity index (χ0v) is 5.97. The number of carboxylic acid groups (broad SMARTS) is 2. The lowest BCUT2D eigenvalue weighted by Crippen LogP contribution is -2.20. The molecule has 0 radical (unpaired) electrons. The molecule has 0 saturated carbocycles. The second-order valence-electron chi connectivity index (χ2n) is 2.22. The van der Waals surface area contributed by atoms with E-state index in [1.807, 2.05) is 0 Å². The first-order chi connectivity index (χ1) is 5.61. The van der Waals surface area contributed by atoms with Gasteiger partial charge in [0.15, 0.2) is 5.92 Å². The van der Waals surface area contributed by atoms with Crippen LogP contribution in [0.2, 0.25) is 0 Å². The molecule has 5 nitrogen and oxygen atoms in total. The molecule has 0 fully saturated rings. The van der Waals surface area contributed by atoms with E-state index < -0.39 is 17.9 Å². The van der Waals surface area contributed by atoms with Crippen LogP contribution in [0.4, 0.5) is 0 Å². The molecule has 1 heterocycles. The highest BCUT2D eigenvalue weighted by Gasteiger charge is 2.24. The quantitative estimate of drug-likeness (QED) is 0.513. The molecule has 2 N–H and O–H groups in total. The maximum Gasteiger partial charge on any atom is 0.342 e. The smallest absolute Gasteiger partial charge is 0.342 e. The number of carbonyl (C=O) groups is 2. The molecule has 62 valence electrons. The van der Waals surface area contributed by atoms with Gasteiger partial charge in [0, 0.05) is 0 Å². The van der Waals surface area contributed by atoms with Crippen molar-refractivity contribution in [3.05, 3.63) is 11.6 Å². The highest BCUT2D eigenvalue weighted by molar-refractivity contribution is 6.11. The third kappa shape index (κ3) is 1.59. The average molecular weight is 168 g/mol. The van der Waals surface area contributed by atoms with Crippen molar-refractivity contribution in [3.8, 4) is 0 Å². The van der Waals surface area contributed by atoms with Gasteiger partial charge in [0.2, 0.25) is 0 Å². The van der Waals surface area contributed by atoms with Gasteiger partial charge in [-0.3, -0.25) is 4.79 Å². The Morgan fingerprint density at radius 3 is 2.58 bits per heavy atom. The predicted octanol–water partition coefficient (Wildman–Crippen LogP) is -1.08. The topological polar surface area (TPSA) is 88.7 Å². The summed E-state index contributed by atoms with van der Waals surface area (Å²) >= 11 is 0. The maximum absolute atomic E-state index is 10.4. The lowest BCUT2D eigenvalue weighted by molar-refractivity contribution is -0.137. The van der Waals surface area contributed by atoms with Gasteiger partial charge in [0.25, 0.3) is 6.21 Å². The van der Waals surface area contributed by atoms with Crippen LogP contribution in [0.15, 0.2) is 11.6 Å². The van der Waals surface area contributed by atoms with Crippen LogP contribution < -0.4 is 4.67 Å². The minimum Gasteiger partial charge on any atom is -0.480 e. The molecule has 0 aromatic rings. The summed E-state index contributed by atoms with van der Waals surface area (Å²) < 4.78 is 3.50. The molecule has 0 saturated heterocycles. The second-order valence-corrected chi connectivity index (χ2v) is 2.22. The number of hydrogen-bond acceptors (Lipinski definition) is 2. The van der Waals surface area contributed by atoms with Crippen LogP contribution >= 0.6 is 0 Å². The molecule has 1 aliphatic heterocycles. The van der Waals surface area contributed by atoms with Gasteiger partial charge in [-0.1, -0.05) is 0 Å². The Bertz CT molecular complexity index is 322. The second kappa shape index (κ2) is 3.02. The Kier molecular flexibility index (Phi) is 2.07. The monoisotopic (exact) mass is 168 g/mol. The van der Waals surface area contributed by atoms with Crippen LogP contribution in [0.5, 0.6) is 0 Å². The third-order valence-corrected chi connectivity index (χ3v) is 1.35. The van der Waals surface area contributed by atoms with Crippen molar-refractivity contribution >= 4 is 24.4 Å². The minimum atomic E-state index is -1.17. The van der Waals surface area contributed by atoms with Crippen LogP contribution in [0, 0.1) is 5.92 Å². The summed E-state index contributed by atoms with van der Waals surface area (Å²) in [4.78, 5) is 20.7. The maximum atomic E-state index is 10.4. The molecule has 1 atom stereocenters. The van der Waals surface area contributed by atoms with Gasteiger partial charge >= 0.3 is 18.2 Å². The van der Waals surface area contributed by atoms with E-state index in [1.54, 1.807) is 0 Å². The van der Waals surface area contributed by atoms with Crippen LogP contribution in [0.25, 0.3) is 0 Å². The summed E-state index contributed by atoms with van der Waals surface area (Å²) in [7, 11) is 0. The van der Waals surface area contributed by atoms with Crippen LogP contribution in [0.1, 0.15) is 0 Å². The molecule has 0 aliphatic carbocycles. The van der Waals surface area contributed by atoms with Gasteiger partial charge < -0.3 is 10.2 Å². The Labute approximate surface area is 67.4 Å². The minimum absolute atomic E-state index is 0.0927. The van der Waals surface area contributed by atoms with Gasteiger partial charge in [-0.05, 0) is 6.08 Å². The first kappa shape index (κ1) is 8.23. The zero-order valence-electron chi connectivity index (χ0n) is 5.97. The summed E-state index contributed by atoms with van der Waals surface area (Å²) in [5.41, 5.74) is -0.0927. The molecule has 5 heteroatoms. The van der Waals surface area contributed by atoms with E-state index in [-0.39, 0.29) is 5.57 Å². The van der Waals surface area contributed by atoms with Gasteiger partial charge in [0.05, 0.1) is 0 Å². The molecule has 0 aromatic carbocycles. The van der Waals surface area contributed by atoms with E-state index in [1.165, 1.54) is 6.21 Å². The average Bonchev–Trinajstić information content (AvgIpc) is 2.04. The SMILES string of the molecule is O=C(O)C1=CC(C(=O)O)C=[N+]=C1. The number of carboxylic acids is 2. The van der Waals surface area contributed by atoms with Crippen molar-refractivity contribution < 1.29 is 19.8 Å². The number of aliphatic carboxylic acids is 2. The fourth-order valence-electron chi connectivity index (χ4n) is 0.757. The van der Waals surface area contributed by atoms with E-state index in [2.05, 4.69) is 4.67 Å². The lowest BCUT2D eigenvalue weighted by Gasteiger charge is -1.96. The summed E-state index contributed by atoms with van der Waals surface area (Å²) in [5, 5.41) is 17.0. The molecule has 1 aliphatic rings. The molecule has 0 amide bonds. The van der Waals surface area contributed by atoms with Crippen LogP contribution in [-0.2, 0) is 9.59 Å². The predicted molar refractivity (Wildman–Crippen MR) is 41.1 cm³/mol. The molecule has 0 spiro atoms. The molecule has 12 heavy (non-hydrogen) atoms. The molecular weight excluding hydrogens is 162 g/mol. The Morgan fingerprint density at radius 1 is 1.42 bits per heavy atom. The van der Waals surface area contributed by atoms with Crippen molar-refractivity contribution in [2.75, 3.05) is 0 Å². The van der Waals surface area contributed by atoms with Crippen LogP contribution in [-0.4, -0.2) is 34.6 Å². The lowest BCUT2D eigenvalue weighted by atomic mass is 10.1. The van der Waals surface area contributed by atoms with Gasteiger partial charge in [-0.15, -0.1) is 4.67 Å². The van der Waals surface area contributed by atoms with E-state index >= 15 is 0 Å². The third-order valence-electron chi connectivity index (χ3n) is 1.35. The van der Waals surface area contributed by atoms with Gasteiger partial charge in [-0.25, -0.2) is 4.79 Å². The summed E-state index contributed by atoms with van der Waals surface area (Å²) in [6, 6.07) is 0. The highest BCUT2D eigenvalue weighted by atomic mass is 16.4. The van der Waals surface area contributed by atoms with E-state index in [0.717, 1.165) is 12.3 Å². The number of hydrogen-bond donors (Lipinski definition) is 2. The Balaban J connectivity index is 2.96. The van der Waals surface area contributed by atoms with E-state index in [9.17, 15) is 9.59 Å². The normalized spacial score (nSPS) is 20.3. The largest absolute Gasteiger partial charge is 0.480 e. The summed E-state index contributed by atoms with van der Waals surface area (Å²) in [6.07, 6.45) is 3.42. The number of nitrogens with zero attached hydrogens (tertiary/aromatic N) is 1. The first-order valence-corrected chi connectivity index (χ1v) is 3.15. The Hall–Kier alpha value is -1.87. The fraction of sp³-hybridized carbons (Fsp3) is 0.143. The first-order valence-electron chi connectivity index (χ1n) is 3.15. The van der Waals surface area contributed by atoms with Crippen molar-refractivity contribution in [2.24, 2.45) is 5.92 Å². The summed E-state index contributed by atoms with van der Waals surface area (Å²) in [6.45, 7) is 0. The van der Waals surface area contributed by atoms with E-state index in [0.29, 0.717) is 0 Å². The summed E-state index contributed by atoms with van der Waals surface area (Å²) in [5.74, 6) is -3.20. The molecule has 1 unspecified atom stereocenters. The molecule has 0 bridgehead atoms. The standard InChI is InChI=1S/C7H5NO4/c9-6(10)4-1-5(7(11)12)3-8-2-4/h1-4H,(H-,9,10,11,12)/p+1. The van der Waals surface area contributed by atoms with Crippen LogP contribution in [0.3, 0.4) is 0 Å². The highest BCUT2D eigenvalue weighted by Crippen LogP contribution is 2.02.